The number of hydrogen-bond donors (Lipinski definition) is 1. The highest BCUT2D eigenvalue weighted by atomic mass is 32.2. The van der Waals surface area contributed by atoms with Gasteiger partial charge in [-0.25, -0.2) is 8.42 Å². The van der Waals surface area contributed by atoms with Crippen LogP contribution in [0.3, 0.4) is 0 Å². The number of benzene rings is 2. The predicted octanol–water partition coefficient (Wildman–Crippen LogP) is 3.10. The summed E-state index contributed by atoms with van der Waals surface area (Å²) >= 11 is 0. The highest BCUT2D eigenvalue weighted by Crippen LogP contribution is 2.29. The average Bonchev–Trinajstić information content (AvgIpc) is 2.38. The molecule has 0 aliphatic heterocycles. The van der Waals surface area contributed by atoms with Crippen molar-refractivity contribution in [1.82, 2.24) is 0 Å². The molecule has 0 aliphatic rings. The monoisotopic (exact) mass is 304 g/mol. The Morgan fingerprint density at radius 2 is 1.76 bits per heavy atom. The second-order valence-corrected chi connectivity index (χ2v) is 6.80. The zero-order valence-corrected chi connectivity index (χ0v) is 13.3. The first-order valence-electron chi connectivity index (χ1n) is 6.82. The minimum Gasteiger partial charge on any atom is -0.398 e. The summed E-state index contributed by atoms with van der Waals surface area (Å²) in [6, 6.07) is 12.6. The zero-order chi connectivity index (χ0) is 15.6. The molecular weight excluding hydrogens is 284 g/mol. The smallest absolute Gasteiger partial charge is 0.266 e. The lowest BCUT2D eigenvalue weighted by molar-refractivity contribution is 0.591. The quantitative estimate of drug-likeness (QED) is 0.883. The maximum absolute atomic E-state index is 13.0. The molecule has 2 aromatic rings. The van der Waals surface area contributed by atoms with Gasteiger partial charge in [-0.1, -0.05) is 24.3 Å². The Balaban J connectivity index is 2.61. The highest BCUT2D eigenvalue weighted by molar-refractivity contribution is 7.93. The fraction of sp³-hybridized carbons (Fsp3) is 0.250. The van der Waals surface area contributed by atoms with Gasteiger partial charge in [0.15, 0.2) is 0 Å². The van der Waals surface area contributed by atoms with Crippen molar-refractivity contribution in [2.45, 2.75) is 25.7 Å². The van der Waals surface area contributed by atoms with E-state index in [1.54, 1.807) is 31.2 Å². The predicted molar refractivity (Wildman–Crippen MR) is 87.0 cm³/mol. The molecule has 5 heteroatoms. The van der Waals surface area contributed by atoms with Gasteiger partial charge in [0.25, 0.3) is 10.0 Å². The number of nitrogen functional groups attached to an aromatic ring is 1. The molecule has 112 valence electrons. The van der Waals surface area contributed by atoms with Crippen molar-refractivity contribution in [3.05, 3.63) is 53.6 Å². The Morgan fingerprint density at radius 3 is 2.33 bits per heavy atom. The van der Waals surface area contributed by atoms with Crippen molar-refractivity contribution in [2.24, 2.45) is 0 Å². The van der Waals surface area contributed by atoms with E-state index in [2.05, 4.69) is 0 Å². The number of nitrogens with zero attached hydrogens (tertiary/aromatic N) is 1. The van der Waals surface area contributed by atoms with Crippen molar-refractivity contribution in [1.29, 1.82) is 0 Å². The SMILES string of the molecule is CCN(c1cccc(C)c1)S(=O)(=O)c1c(C)cccc1N. The van der Waals surface area contributed by atoms with Crippen LogP contribution in [-0.4, -0.2) is 15.0 Å². The molecule has 0 heterocycles. The van der Waals surface area contributed by atoms with E-state index in [-0.39, 0.29) is 10.6 Å². The summed E-state index contributed by atoms with van der Waals surface area (Å²) in [6.07, 6.45) is 0. The van der Waals surface area contributed by atoms with E-state index in [4.69, 9.17) is 5.73 Å². The first-order valence-corrected chi connectivity index (χ1v) is 8.26. The molecule has 0 spiro atoms. The molecule has 4 nitrogen and oxygen atoms in total. The second kappa shape index (κ2) is 5.77. The fourth-order valence-corrected chi connectivity index (χ4v) is 4.20. The van der Waals surface area contributed by atoms with Gasteiger partial charge in [0.05, 0.1) is 11.4 Å². The summed E-state index contributed by atoms with van der Waals surface area (Å²) in [4.78, 5) is 0.188. The lowest BCUT2D eigenvalue weighted by atomic mass is 10.2. The highest BCUT2D eigenvalue weighted by Gasteiger charge is 2.27. The lowest BCUT2D eigenvalue weighted by Gasteiger charge is -2.25. The summed E-state index contributed by atoms with van der Waals surface area (Å²) in [5.41, 5.74) is 8.50. The van der Waals surface area contributed by atoms with Gasteiger partial charge in [0.2, 0.25) is 0 Å². The van der Waals surface area contributed by atoms with Crippen LogP contribution in [0.2, 0.25) is 0 Å². The third-order valence-corrected chi connectivity index (χ3v) is 5.49. The zero-order valence-electron chi connectivity index (χ0n) is 12.5. The first kappa shape index (κ1) is 15.4. The summed E-state index contributed by atoms with van der Waals surface area (Å²) in [5.74, 6) is 0. The van der Waals surface area contributed by atoms with E-state index in [0.29, 0.717) is 17.8 Å². The Morgan fingerprint density at radius 1 is 1.10 bits per heavy atom. The van der Waals surface area contributed by atoms with Gasteiger partial charge in [0.1, 0.15) is 4.90 Å². The molecule has 0 fully saturated rings. The van der Waals surface area contributed by atoms with E-state index < -0.39 is 10.0 Å². The maximum Gasteiger partial charge on any atom is 0.266 e. The van der Waals surface area contributed by atoms with Gasteiger partial charge in [-0.15, -0.1) is 0 Å². The molecule has 0 radical (unpaired) electrons. The molecule has 0 aliphatic carbocycles. The van der Waals surface area contributed by atoms with Crippen LogP contribution in [0.15, 0.2) is 47.4 Å². The van der Waals surface area contributed by atoms with Crippen LogP contribution >= 0.6 is 0 Å². The summed E-state index contributed by atoms with van der Waals surface area (Å²) in [5, 5.41) is 0. The number of hydrogen-bond acceptors (Lipinski definition) is 3. The van der Waals surface area contributed by atoms with Crippen molar-refractivity contribution in [2.75, 3.05) is 16.6 Å². The number of nitrogens with two attached hydrogens (primary N) is 1. The molecule has 0 aromatic heterocycles. The summed E-state index contributed by atoms with van der Waals surface area (Å²) < 4.78 is 27.3. The van der Waals surface area contributed by atoms with E-state index >= 15 is 0 Å². The molecule has 0 amide bonds. The van der Waals surface area contributed by atoms with Crippen LogP contribution in [0.5, 0.6) is 0 Å². The lowest BCUT2D eigenvalue weighted by Crippen LogP contribution is -2.31. The molecule has 21 heavy (non-hydrogen) atoms. The van der Waals surface area contributed by atoms with Crippen LogP contribution in [0, 0.1) is 13.8 Å². The van der Waals surface area contributed by atoms with Crippen LogP contribution in [0.4, 0.5) is 11.4 Å². The first-order chi connectivity index (χ1) is 9.87. The topological polar surface area (TPSA) is 63.4 Å². The molecule has 0 atom stereocenters. The van der Waals surface area contributed by atoms with E-state index in [9.17, 15) is 8.42 Å². The Kier molecular flexibility index (Phi) is 4.23. The van der Waals surface area contributed by atoms with Gasteiger partial charge >= 0.3 is 0 Å². The minimum atomic E-state index is -3.67. The van der Waals surface area contributed by atoms with Gasteiger partial charge in [-0.3, -0.25) is 4.31 Å². The average molecular weight is 304 g/mol. The molecule has 0 saturated heterocycles. The van der Waals surface area contributed by atoms with Crippen LogP contribution in [0.25, 0.3) is 0 Å². The number of aryl methyl sites for hydroxylation is 2. The van der Waals surface area contributed by atoms with E-state index in [1.165, 1.54) is 4.31 Å². The summed E-state index contributed by atoms with van der Waals surface area (Å²) in [7, 11) is -3.67. The standard InChI is InChI=1S/C16H20N2O2S/c1-4-18(14-9-5-7-12(2)11-14)21(19,20)16-13(3)8-6-10-15(16)17/h5-11H,4,17H2,1-3H3. The molecule has 0 bridgehead atoms. The number of anilines is 2. The van der Waals surface area contributed by atoms with Crippen LogP contribution in [0.1, 0.15) is 18.1 Å². The number of sulfonamides is 1. The van der Waals surface area contributed by atoms with Crippen molar-refractivity contribution in [3.63, 3.8) is 0 Å². The van der Waals surface area contributed by atoms with Gasteiger partial charge in [0, 0.05) is 6.54 Å². The van der Waals surface area contributed by atoms with Gasteiger partial charge in [-0.05, 0) is 50.1 Å². The van der Waals surface area contributed by atoms with Crippen molar-refractivity contribution < 1.29 is 8.42 Å². The van der Waals surface area contributed by atoms with E-state index in [1.807, 2.05) is 32.0 Å². The van der Waals surface area contributed by atoms with Gasteiger partial charge in [-0.2, -0.15) is 0 Å². The fourth-order valence-electron chi connectivity index (χ4n) is 2.41. The van der Waals surface area contributed by atoms with Crippen LogP contribution in [-0.2, 0) is 10.0 Å². The van der Waals surface area contributed by atoms with Gasteiger partial charge < -0.3 is 5.73 Å². The van der Waals surface area contributed by atoms with Crippen molar-refractivity contribution in [3.8, 4) is 0 Å². The third-order valence-electron chi connectivity index (χ3n) is 3.37. The van der Waals surface area contributed by atoms with Crippen LogP contribution < -0.4 is 10.0 Å². The number of rotatable bonds is 4. The third kappa shape index (κ3) is 2.88. The largest absolute Gasteiger partial charge is 0.398 e. The Hall–Kier alpha value is -2.01. The maximum atomic E-state index is 13.0. The molecule has 2 N–H and O–H groups in total. The minimum absolute atomic E-state index is 0.188. The van der Waals surface area contributed by atoms with Crippen molar-refractivity contribution >= 4 is 21.4 Å². The van der Waals surface area contributed by atoms with E-state index in [0.717, 1.165) is 5.56 Å². The molecule has 0 unspecified atom stereocenters. The second-order valence-electron chi connectivity index (χ2n) is 5.00. The molecule has 2 aromatic carbocycles. The summed E-state index contributed by atoms with van der Waals surface area (Å²) in [6.45, 7) is 5.85. The Labute approximate surface area is 126 Å². The molecule has 2 rings (SSSR count). The normalized spacial score (nSPS) is 11.4. The Bertz CT molecular complexity index is 734. The molecule has 0 saturated carbocycles. The molecular formula is C16H20N2O2S.